The highest BCUT2D eigenvalue weighted by molar-refractivity contribution is 5.66. The number of aromatic amines is 1. The van der Waals surface area contributed by atoms with Crippen LogP contribution in [0.15, 0.2) is 36.8 Å². The van der Waals surface area contributed by atoms with Gasteiger partial charge in [-0.05, 0) is 37.6 Å². The maximum atomic E-state index is 14.2. The fourth-order valence-corrected chi connectivity index (χ4v) is 3.77. The molecule has 0 bridgehead atoms. The second kappa shape index (κ2) is 6.99. The van der Waals surface area contributed by atoms with Crippen molar-refractivity contribution in [1.82, 2.24) is 24.9 Å². The lowest BCUT2D eigenvalue weighted by atomic mass is 9.90. The lowest BCUT2D eigenvalue weighted by molar-refractivity contribution is 0.198. The molecule has 2 aromatic heterocycles. The van der Waals surface area contributed by atoms with Crippen LogP contribution in [0, 0.1) is 11.6 Å². The first-order valence-corrected chi connectivity index (χ1v) is 8.78. The summed E-state index contributed by atoms with van der Waals surface area (Å²) in [7, 11) is 1.91. The Morgan fingerprint density at radius 1 is 1.23 bits per heavy atom. The van der Waals surface area contributed by atoms with Crippen LogP contribution in [0.5, 0.6) is 0 Å². The molecule has 0 saturated carbocycles. The predicted octanol–water partition coefficient (Wildman–Crippen LogP) is 3.47. The van der Waals surface area contributed by atoms with Gasteiger partial charge in [0.05, 0.1) is 12.4 Å². The minimum Gasteiger partial charge on any atom is -0.298 e. The molecule has 0 radical (unpaired) electrons. The number of hydrogen-bond donors (Lipinski definition) is 1. The van der Waals surface area contributed by atoms with Gasteiger partial charge in [0.2, 0.25) is 0 Å². The van der Waals surface area contributed by atoms with E-state index in [1.54, 1.807) is 10.9 Å². The molecule has 1 aliphatic heterocycles. The van der Waals surface area contributed by atoms with E-state index in [9.17, 15) is 8.78 Å². The van der Waals surface area contributed by atoms with Gasteiger partial charge >= 0.3 is 0 Å². The molecule has 0 aliphatic carbocycles. The van der Waals surface area contributed by atoms with E-state index in [0.29, 0.717) is 5.56 Å². The first-order chi connectivity index (χ1) is 12.6. The number of H-pyrrole nitrogens is 1. The number of benzene rings is 1. The average molecular weight is 357 g/mol. The van der Waals surface area contributed by atoms with Crippen molar-refractivity contribution >= 4 is 0 Å². The summed E-state index contributed by atoms with van der Waals surface area (Å²) in [5.74, 6) is -0.673. The van der Waals surface area contributed by atoms with Crippen LogP contribution in [0.3, 0.4) is 0 Å². The number of halogens is 2. The SMILES string of the molecule is Cn1cc(CN2CCCC(c3[nH]ncc3-c3cc(F)ccc3F)C2)cn1. The summed E-state index contributed by atoms with van der Waals surface area (Å²) in [6.45, 7) is 2.70. The second-order valence-corrected chi connectivity index (χ2v) is 6.92. The molecule has 1 unspecified atom stereocenters. The zero-order valence-electron chi connectivity index (χ0n) is 14.6. The summed E-state index contributed by atoms with van der Waals surface area (Å²) >= 11 is 0. The Bertz CT molecular complexity index is 901. The molecule has 3 heterocycles. The van der Waals surface area contributed by atoms with Crippen molar-refractivity contribution in [1.29, 1.82) is 0 Å². The highest BCUT2D eigenvalue weighted by Gasteiger charge is 2.26. The van der Waals surface area contributed by atoms with Gasteiger partial charge in [-0.25, -0.2) is 8.78 Å². The Morgan fingerprint density at radius 3 is 2.92 bits per heavy atom. The normalized spacial score (nSPS) is 18.3. The van der Waals surface area contributed by atoms with Crippen molar-refractivity contribution in [3.63, 3.8) is 0 Å². The second-order valence-electron chi connectivity index (χ2n) is 6.92. The molecule has 7 heteroatoms. The quantitative estimate of drug-likeness (QED) is 0.778. The third-order valence-corrected chi connectivity index (χ3v) is 4.97. The monoisotopic (exact) mass is 357 g/mol. The molecule has 0 amide bonds. The van der Waals surface area contributed by atoms with Gasteiger partial charge in [-0.3, -0.25) is 14.7 Å². The van der Waals surface area contributed by atoms with Crippen LogP contribution in [0.4, 0.5) is 8.78 Å². The van der Waals surface area contributed by atoms with Gasteiger partial charge in [0, 0.05) is 54.6 Å². The molecule has 1 fully saturated rings. The molecule has 1 atom stereocenters. The Balaban J connectivity index is 1.56. The zero-order chi connectivity index (χ0) is 18.1. The summed E-state index contributed by atoms with van der Waals surface area (Å²) in [5.41, 5.74) is 2.97. The van der Waals surface area contributed by atoms with Gasteiger partial charge in [0.1, 0.15) is 11.6 Å². The van der Waals surface area contributed by atoms with Crippen molar-refractivity contribution in [3.05, 3.63) is 59.7 Å². The maximum absolute atomic E-state index is 14.2. The number of nitrogens with one attached hydrogen (secondary N) is 1. The molecule has 1 aliphatic rings. The number of likely N-dealkylation sites (tertiary alicyclic amines) is 1. The maximum Gasteiger partial charge on any atom is 0.131 e. The van der Waals surface area contributed by atoms with Crippen LogP contribution >= 0.6 is 0 Å². The molecule has 1 N–H and O–H groups in total. The summed E-state index contributed by atoms with van der Waals surface area (Å²) in [5, 5.41) is 11.4. The Morgan fingerprint density at radius 2 is 2.12 bits per heavy atom. The van der Waals surface area contributed by atoms with Gasteiger partial charge in [-0.2, -0.15) is 10.2 Å². The molecule has 136 valence electrons. The van der Waals surface area contributed by atoms with Gasteiger partial charge in [-0.1, -0.05) is 0 Å². The Kier molecular flexibility index (Phi) is 4.55. The number of piperidine rings is 1. The van der Waals surface area contributed by atoms with Crippen LogP contribution in [0.1, 0.15) is 30.0 Å². The molecule has 3 aromatic rings. The fraction of sp³-hybridized carbons (Fsp3) is 0.368. The van der Waals surface area contributed by atoms with Crippen molar-refractivity contribution in [2.75, 3.05) is 13.1 Å². The number of hydrogen-bond acceptors (Lipinski definition) is 3. The summed E-state index contributed by atoms with van der Waals surface area (Å²) < 4.78 is 29.6. The molecule has 1 aromatic carbocycles. The first-order valence-electron chi connectivity index (χ1n) is 8.78. The molecule has 5 nitrogen and oxygen atoms in total. The summed E-state index contributed by atoms with van der Waals surface area (Å²) in [6, 6.07) is 3.53. The topological polar surface area (TPSA) is 49.7 Å². The third kappa shape index (κ3) is 3.39. The van der Waals surface area contributed by atoms with Crippen molar-refractivity contribution < 1.29 is 8.78 Å². The van der Waals surface area contributed by atoms with E-state index in [4.69, 9.17) is 0 Å². The standard InChI is InChI=1S/C19H21F2N5/c1-25-10-13(8-23-25)11-26-6-2-3-14(12-26)19-17(9-22-24-19)16-7-15(20)4-5-18(16)21/h4-5,7-10,14H,2-3,6,11-12H2,1H3,(H,22,24). The highest BCUT2D eigenvalue weighted by Crippen LogP contribution is 2.34. The minimum absolute atomic E-state index is 0.209. The predicted molar refractivity (Wildman–Crippen MR) is 94.4 cm³/mol. The lowest BCUT2D eigenvalue weighted by Crippen LogP contribution is -2.34. The average Bonchev–Trinajstić information content (AvgIpc) is 3.26. The van der Waals surface area contributed by atoms with E-state index >= 15 is 0 Å². The highest BCUT2D eigenvalue weighted by atomic mass is 19.1. The Hall–Kier alpha value is -2.54. The number of aryl methyl sites for hydroxylation is 1. The van der Waals surface area contributed by atoms with Crippen molar-refractivity contribution in [2.45, 2.75) is 25.3 Å². The van der Waals surface area contributed by atoms with Crippen LogP contribution in [0.2, 0.25) is 0 Å². The lowest BCUT2D eigenvalue weighted by Gasteiger charge is -2.32. The molecular weight excluding hydrogens is 336 g/mol. The molecule has 4 rings (SSSR count). The van der Waals surface area contributed by atoms with E-state index in [-0.39, 0.29) is 11.5 Å². The van der Waals surface area contributed by atoms with E-state index < -0.39 is 11.6 Å². The number of aromatic nitrogens is 4. The zero-order valence-corrected chi connectivity index (χ0v) is 14.6. The first kappa shape index (κ1) is 16.9. The number of rotatable bonds is 4. The van der Waals surface area contributed by atoms with Crippen LogP contribution < -0.4 is 0 Å². The minimum atomic E-state index is -0.449. The van der Waals surface area contributed by atoms with Crippen molar-refractivity contribution in [3.8, 4) is 11.1 Å². The van der Waals surface area contributed by atoms with Crippen LogP contribution in [-0.2, 0) is 13.6 Å². The molecular formula is C19H21F2N5. The van der Waals surface area contributed by atoms with E-state index in [0.717, 1.165) is 50.3 Å². The van der Waals surface area contributed by atoms with Crippen LogP contribution in [-0.4, -0.2) is 38.0 Å². The van der Waals surface area contributed by atoms with Gasteiger partial charge in [0.15, 0.2) is 0 Å². The van der Waals surface area contributed by atoms with E-state index in [1.165, 1.54) is 11.6 Å². The third-order valence-electron chi connectivity index (χ3n) is 4.97. The molecule has 26 heavy (non-hydrogen) atoms. The fourth-order valence-electron chi connectivity index (χ4n) is 3.77. The van der Waals surface area contributed by atoms with E-state index in [1.807, 2.05) is 19.4 Å². The Labute approximate surface area is 150 Å². The van der Waals surface area contributed by atoms with Gasteiger partial charge in [0.25, 0.3) is 0 Å². The van der Waals surface area contributed by atoms with Crippen LogP contribution in [0.25, 0.3) is 11.1 Å². The molecule has 1 saturated heterocycles. The van der Waals surface area contributed by atoms with Crippen molar-refractivity contribution in [2.24, 2.45) is 7.05 Å². The largest absolute Gasteiger partial charge is 0.298 e. The molecule has 0 spiro atoms. The smallest absolute Gasteiger partial charge is 0.131 e. The summed E-state index contributed by atoms with van der Waals surface area (Å²) in [4.78, 5) is 2.37. The number of nitrogens with zero attached hydrogens (tertiary/aromatic N) is 4. The van der Waals surface area contributed by atoms with Gasteiger partial charge < -0.3 is 0 Å². The van der Waals surface area contributed by atoms with Gasteiger partial charge in [-0.15, -0.1) is 0 Å². The van der Waals surface area contributed by atoms with E-state index in [2.05, 4.69) is 20.2 Å². The summed E-state index contributed by atoms with van der Waals surface area (Å²) in [6.07, 6.45) is 7.54.